The van der Waals surface area contributed by atoms with Crippen molar-refractivity contribution in [3.8, 4) is 6.07 Å². The van der Waals surface area contributed by atoms with Gasteiger partial charge in [0.1, 0.15) is 0 Å². The highest BCUT2D eigenvalue weighted by molar-refractivity contribution is 5.66. The first-order chi connectivity index (χ1) is 8.34. The summed E-state index contributed by atoms with van der Waals surface area (Å²) in [5, 5.41) is 17.9. The lowest BCUT2D eigenvalue weighted by Gasteiger charge is -2.37. The van der Waals surface area contributed by atoms with Crippen molar-refractivity contribution in [2.75, 3.05) is 6.54 Å². The molecule has 1 N–H and O–H groups in total. The molecule has 0 atom stereocenters. The Morgan fingerprint density at radius 2 is 1.78 bits per heavy atom. The number of carbonyl (C=O) groups is 1. The molecular weight excluding hydrogens is 228 g/mol. The van der Waals surface area contributed by atoms with Gasteiger partial charge in [-0.15, -0.1) is 0 Å². The summed E-state index contributed by atoms with van der Waals surface area (Å²) < 4.78 is 0. The van der Waals surface area contributed by atoms with Gasteiger partial charge in [0.05, 0.1) is 6.07 Å². The van der Waals surface area contributed by atoms with E-state index < -0.39 is 6.09 Å². The van der Waals surface area contributed by atoms with Crippen LogP contribution in [0.4, 0.5) is 4.79 Å². The van der Waals surface area contributed by atoms with E-state index in [1.165, 1.54) is 0 Å². The lowest BCUT2D eigenvalue weighted by Crippen LogP contribution is -2.47. The van der Waals surface area contributed by atoms with Crippen molar-refractivity contribution in [2.24, 2.45) is 11.8 Å². The predicted molar refractivity (Wildman–Crippen MR) is 70.2 cm³/mol. The third-order valence-corrected chi connectivity index (χ3v) is 3.83. The molecule has 0 saturated heterocycles. The number of amides is 1. The van der Waals surface area contributed by atoms with E-state index in [9.17, 15) is 9.90 Å². The maximum atomic E-state index is 11.3. The first-order valence-corrected chi connectivity index (χ1v) is 6.72. The third kappa shape index (κ3) is 4.21. The maximum Gasteiger partial charge on any atom is 0.407 e. The van der Waals surface area contributed by atoms with Crippen LogP contribution < -0.4 is 0 Å². The molecule has 1 saturated carbocycles. The third-order valence-electron chi connectivity index (χ3n) is 3.83. The average molecular weight is 252 g/mol. The highest BCUT2D eigenvalue weighted by atomic mass is 16.4. The van der Waals surface area contributed by atoms with E-state index in [-0.39, 0.29) is 5.54 Å². The van der Waals surface area contributed by atoms with Crippen molar-refractivity contribution in [2.45, 2.75) is 58.4 Å². The summed E-state index contributed by atoms with van der Waals surface area (Å²) >= 11 is 0. The second-order valence-corrected chi connectivity index (χ2v) is 6.31. The minimum absolute atomic E-state index is 0.338. The fourth-order valence-electron chi connectivity index (χ4n) is 2.64. The van der Waals surface area contributed by atoms with Crippen LogP contribution in [0.1, 0.15) is 52.9 Å². The Morgan fingerprint density at radius 1 is 1.28 bits per heavy atom. The Hall–Kier alpha value is -1.24. The summed E-state index contributed by atoms with van der Waals surface area (Å²) in [6, 6.07) is 2.23. The van der Waals surface area contributed by atoms with Gasteiger partial charge in [0.15, 0.2) is 0 Å². The fraction of sp³-hybridized carbons (Fsp3) is 0.857. The zero-order valence-electron chi connectivity index (χ0n) is 11.6. The van der Waals surface area contributed by atoms with Crippen molar-refractivity contribution in [1.29, 1.82) is 5.26 Å². The molecule has 0 aromatic heterocycles. The van der Waals surface area contributed by atoms with Gasteiger partial charge in [-0.05, 0) is 58.3 Å². The molecule has 1 amide bonds. The number of nitrogens with zero attached hydrogens (tertiary/aromatic N) is 2. The molecule has 4 heteroatoms. The van der Waals surface area contributed by atoms with Crippen LogP contribution in [-0.2, 0) is 0 Å². The Bertz CT molecular complexity index is 320. The zero-order chi connectivity index (χ0) is 13.8. The van der Waals surface area contributed by atoms with Crippen LogP contribution in [0.3, 0.4) is 0 Å². The molecule has 0 aromatic carbocycles. The van der Waals surface area contributed by atoms with Gasteiger partial charge in [-0.2, -0.15) is 5.26 Å². The second-order valence-electron chi connectivity index (χ2n) is 6.31. The van der Waals surface area contributed by atoms with E-state index in [0.29, 0.717) is 24.8 Å². The van der Waals surface area contributed by atoms with Crippen LogP contribution in [0, 0.1) is 23.2 Å². The quantitative estimate of drug-likeness (QED) is 0.836. The number of nitriles is 1. The van der Waals surface area contributed by atoms with E-state index in [4.69, 9.17) is 5.26 Å². The van der Waals surface area contributed by atoms with Crippen molar-refractivity contribution in [3.63, 3.8) is 0 Å². The lowest BCUT2D eigenvalue weighted by molar-refractivity contribution is 0.0800. The number of hydrogen-bond donors (Lipinski definition) is 1. The molecule has 102 valence electrons. The fourth-order valence-corrected chi connectivity index (χ4v) is 2.64. The largest absolute Gasteiger partial charge is 0.465 e. The van der Waals surface area contributed by atoms with Gasteiger partial charge in [0.25, 0.3) is 0 Å². The smallest absolute Gasteiger partial charge is 0.407 e. The molecule has 1 rings (SSSR count). The summed E-state index contributed by atoms with van der Waals surface area (Å²) in [6.45, 7) is 6.42. The summed E-state index contributed by atoms with van der Waals surface area (Å²) in [7, 11) is 0. The van der Waals surface area contributed by atoms with Gasteiger partial charge in [-0.3, -0.25) is 0 Å². The Kier molecular flexibility index (Phi) is 5.01. The van der Waals surface area contributed by atoms with E-state index in [0.717, 1.165) is 25.7 Å². The molecule has 4 nitrogen and oxygen atoms in total. The first-order valence-electron chi connectivity index (χ1n) is 6.72. The molecule has 0 bridgehead atoms. The van der Waals surface area contributed by atoms with Crippen LogP contribution in [0.5, 0.6) is 0 Å². The normalized spacial score (nSPS) is 24.3. The minimum Gasteiger partial charge on any atom is -0.465 e. The molecule has 1 aliphatic carbocycles. The van der Waals surface area contributed by atoms with Crippen molar-refractivity contribution < 1.29 is 9.90 Å². The van der Waals surface area contributed by atoms with E-state index in [2.05, 4.69) is 6.07 Å². The summed E-state index contributed by atoms with van der Waals surface area (Å²) in [4.78, 5) is 12.8. The molecule has 0 unspecified atom stereocenters. The van der Waals surface area contributed by atoms with Crippen LogP contribution >= 0.6 is 0 Å². The lowest BCUT2D eigenvalue weighted by atomic mass is 9.80. The first kappa shape index (κ1) is 14.8. The van der Waals surface area contributed by atoms with Gasteiger partial charge in [-0.1, -0.05) is 0 Å². The van der Waals surface area contributed by atoms with Crippen LogP contribution in [0.25, 0.3) is 0 Å². The Morgan fingerprint density at radius 3 is 2.17 bits per heavy atom. The zero-order valence-corrected chi connectivity index (χ0v) is 11.6. The molecule has 0 aromatic rings. The summed E-state index contributed by atoms with van der Waals surface area (Å²) in [5.41, 5.74) is -0.338. The van der Waals surface area contributed by atoms with Gasteiger partial charge < -0.3 is 10.0 Å². The topological polar surface area (TPSA) is 64.3 Å². The molecular formula is C14H24N2O2. The molecule has 1 aliphatic rings. The van der Waals surface area contributed by atoms with Crippen molar-refractivity contribution >= 4 is 6.09 Å². The standard InChI is InChI=1S/C14H24N2O2/c1-14(2,3)16(13(17)18)10-12-6-4-11(5-7-12)8-9-15/h11-12H,4-8,10H2,1-3H3,(H,17,18)/t11-,12-. The number of hydrogen-bond acceptors (Lipinski definition) is 2. The summed E-state index contributed by atoms with van der Waals surface area (Å²) in [5.74, 6) is 0.981. The van der Waals surface area contributed by atoms with Crippen LogP contribution in [0.15, 0.2) is 0 Å². The van der Waals surface area contributed by atoms with E-state index >= 15 is 0 Å². The van der Waals surface area contributed by atoms with Gasteiger partial charge in [0, 0.05) is 18.5 Å². The van der Waals surface area contributed by atoms with E-state index in [1.807, 2.05) is 20.8 Å². The van der Waals surface area contributed by atoms with Crippen LogP contribution in [0.2, 0.25) is 0 Å². The molecule has 0 radical (unpaired) electrons. The molecule has 1 fully saturated rings. The summed E-state index contributed by atoms with van der Waals surface area (Å²) in [6.07, 6.45) is 4.04. The van der Waals surface area contributed by atoms with Gasteiger partial charge in [-0.25, -0.2) is 4.79 Å². The average Bonchev–Trinajstić information content (AvgIpc) is 2.26. The van der Waals surface area contributed by atoms with E-state index in [1.54, 1.807) is 4.90 Å². The Labute approximate surface area is 110 Å². The highest BCUT2D eigenvalue weighted by Gasteiger charge is 2.30. The number of rotatable bonds is 3. The van der Waals surface area contributed by atoms with Crippen LogP contribution in [-0.4, -0.2) is 28.2 Å². The Balaban J connectivity index is 2.49. The van der Waals surface area contributed by atoms with Gasteiger partial charge in [0.2, 0.25) is 0 Å². The van der Waals surface area contributed by atoms with Crippen molar-refractivity contribution in [1.82, 2.24) is 4.90 Å². The van der Waals surface area contributed by atoms with Gasteiger partial charge >= 0.3 is 6.09 Å². The molecule has 18 heavy (non-hydrogen) atoms. The monoisotopic (exact) mass is 252 g/mol. The molecule has 0 heterocycles. The number of carboxylic acid groups (broad SMARTS) is 1. The highest BCUT2D eigenvalue weighted by Crippen LogP contribution is 2.32. The predicted octanol–water partition coefficient (Wildman–Crippen LogP) is 3.48. The maximum absolute atomic E-state index is 11.3. The SMILES string of the molecule is CC(C)(C)N(C[C@H]1CC[C@H](CC#N)CC1)C(=O)O. The molecule has 0 aliphatic heterocycles. The van der Waals surface area contributed by atoms with Crippen molar-refractivity contribution in [3.05, 3.63) is 0 Å². The minimum atomic E-state index is -0.832. The second kappa shape index (κ2) is 6.08. The molecule has 0 spiro atoms.